The van der Waals surface area contributed by atoms with Gasteiger partial charge in [0, 0.05) is 11.3 Å². The molecule has 1 atom stereocenters. The van der Waals surface area contributed by atoms with Crippen LogP contribution in [0.2, 0.25) is 10.0 Å². The number of carbonyl (C=O) groups excluding carboxylic acids is 2. The Hall–Kier alpha value is -3.28. The van der Waals surface area contributed by atoms with Crippen LogP contribution in [0.5, 0.6) is 5.75 Å². The molecule has 0 aromatic heterocycles. The molecule has 1 saturated heterocycles. The van der Waals surface area contributed by atoms with Crippen molar-refractivity contribution >= 4 is 46.3 Å². The van der Waals surface area contributed by atoms with Gasteiger partial charge in [-0.1, -0.05) is 73.4 Å². The van der Waals surface area contributed by atoms with E-state index in [9.17, 15) is 14.7 Å². The molecule has 5 nitrogen and oxygen atoms in total. The summed E-state index contributed by atoms with van der Waals surface area (Å²) in [5.41, 5.74) is 2.37. The molecule has 1 aliphatic rings. The molecule has 1 unspecified atom stereocenters. The van der Waals surface area contributed by atoms with E-state index in [0.717, 1.165) is 5.56 Å². The van der Waals surface area contributed by atoms with E-state index < -0.39 is 17.7 Å². The van der Waals surface area contributed by atoms with Crippen LogP contribution < -0.4 is 9.64 Å². The Morgan fingerprint density at radius 2 is 1.74 bits per heavy atom. The summed E-state index contributed by atoms with van der Waals surface area (Å²) in [5, 5.41) is 12.0. The van der Waals surface area contributed by atoms with Gasteiger partial charge in [-0.25, -0.2) is 0 Å². The Balaban J connectivity index is 1.89. The number of aliphatic hydroxyl groups is 1. The zero-order chi connectivity index (χ0) is 25.3. The summed E-state index contributed by atoms with van der Waals surface area (Å²) in [4.78, 5) is 28.0. The molecule has 3 aromatic carbocycles. The molecule has 1 N–H and O–H groups in total. The van der Waals surface area contributed by atoms with Gasteiger partial charge >= 0.3 is 0 Å². The van der Waals surface area contributed by atoms with Gasteiger partial charge in [0.05, 0.1) is 28.3 Å². The van der Waals surface area contributed by atoms with Crippen molar-refractivity contribution in [2.45, 2.75) is 26.8 Å². The van der Waals surface area contributed by atoms with Crippen LogP contribution in [0.1, 0.15) is 36.6 Å². The minimum Gasteiger partial charge on any atom is -0.507 e. The van der Waals surface area contributed by atoms with Crippen molar-refractivity contribution in [1.82, 2.24) is 0 Å². The van der Waals surface area contributed by atoms with Crippen LogP contribution in [0.15, 0.2) is 72.3 Å². The molecule has 1 aliphatic heterocycles. The number of rotatable bonds is 6. The highest BCUT2D eigenvalue weighted by atomic mass is 35.5. The molecule has 1 heterocycles. The van der Waals surface area contributed by atoms with Gasteiger partial charge in [0.25, 0.3) is 11.7 Å². The maximum atomic E-state index is 13.4. The summed E-state index contributed by atoms with van der Waals surface area (Å²) < 4.78 is 5.79. The molecule has 180 valence electrons. The van der Waals surface area contributed by atoms with Crippen LogP contribution >= 0.6 is 23.2 Å². The summed E-state index contributed by atoms with van der Waals surface area (Å²) >= 11 is 12.3. The molecule has 1 fully saturated rings. The molecule has 0 spiro atoms. The molecule has 35 heavy (non-hydrogen) atoms. The molecule has 1 amide bonds. The SMILES string of the molecule is Cc1ccccc1C1/C(=C(\O)c2cccc(OCC(C)C)c2)C(=O)C(=O)N1c1ccc(Cl)c(Cl)c1. The maximum Gasteiger partial charge on any atom is 0.300 e. The van der Waals surface area contributed by atoms with E-state index in [1.807, 2.05) is 45.0 Å². The third-order valence-corrected chi connectivity index (χ3v) is 6.54. The Kier molecular flexibility index (Phi) is 7.20. The van der Waals surface area contributed by atoms with Crippen LogP contribution in [0, 0.1) is 12.8 Å². The first-order chi connectivity index (χ1) is 16.7. The first-order valence-corrected chi connectivity index (χ1v) is 12.0. The fourth-order valence-corrected chi connectivity index (χ4v) is 4.37. The van der Waals surface area contributed by atoms with E-state index in [1.54, 1.807) is 42.5 Å². The molecule has 0 saturated carbocycles. The van der Waals surface area contributed by atoms with E-state index >= 15 is 0 Å². The largest absolute Gasteiger partial charge is 0.507 e. The zero-order valence-electron chi connectivity index (χ0n) is 19.6. The highest BCUT2D eigenvalue weighted by Gasteiger charge is 2.47. The van der Waals surface area contributed by atoms with Crippen molar-refractivity contribution in [3.8, 4) is 5.75 Å². The van der Waals surface area contributed by atoms with Crippen molar-refractivity contribution in [2.75, 3.05) is 11.5 Å². The predicted molar refractivity (Wildman–Crippen MR) is 139 cm³/mol. The number of aliphatic hydroxyl groups excluding tert-OH is 1. The molecular formula is C28H25Cl2NO4. The normalized spacial score (nSPS) is 17.3. The lowest BCUT2D eigenvalue weighted by Crippen LogP contribution is -2.29. The van der Waals surface area contributed by atoms with Crippen molar-refractivity contribution in [1.29, 1.82) is 0 Å². The second kappa shape index (κ2) is 10.1. The minimum atomic E-state index is -0.853. The lowest BCUT2D eigenvalue weighted by atomic mass is 9.92. The van der Waals surface area contributed by atoms with E-state index in [0.29, 0.717) is 40.1 Å². The van der Waals surface area contributed by atoms with E-state index in [2.05, 4.69) is 0 Å². The number of amides is 1. The van der Waals surface area contributed by atoms with E-state index in [4.69, 9.17) is 27.9 Å². The molecule has 7 heteroatoms. The average molecular weight is 510 g/mol. The molecular weight excluding hydrogens is 485 g/mol. The topological polar surface area (TPSA) is 66.8 Å². The van der Waals surface area contributed by atoms with Crippen molar-refractivity contribution in [3.05, 3.63) is 99.0 Å². The van der Waals surface area contributed by atoms with Gasteiger partial charge in [-0.3, -0.25) is 14.5 Å². The molecule has 0 aliphatic carbocycles. The lowest BCUT2D eigenvalue weighted by Gasteiger charge is -2.27. The maximum absolute atomic E-state index is 13.4. The summed E-state index contributed by atoms with van der Waals surface area (Å²) in [6, 6.07) is 18.2. The number of ether oxygens (including phenoxy) is 1. The number of halogens is 2. The van der Waals surface area contributed by atoms with Crippen molar-refractivity contribution in [2.24, 2.45) is 5.92 Å². The molecule has 4 rings (SSSR count). The van der Waals surface area contributed by atoms with Gasteiger partial charge in [0.1, 0.15) is 11.5 Å². The lowest BCUT2D eigenvalue weighted by molar-refractivity contribution is -0.132. The molecule has 0 radical (unpaired) electrons. The third kappa shape index (κ3) is 4.93. The number of Topliss-reactive ketones (excluding diaryl/α,β-unsaturated/α-hetero) is 1. The fourth-order valence-electron chi connectivity index (χ4n) is 4.07. The van der Waals surface area contributed by atoms with Gasteiger partial charge in [0.2, 0.25) is 0 Å². The quantitative estimate of drug-likeness (QED) is 0.221. The number of anilines is 1. The second-order valence-corrected chi connectivity index (χ2v) is 9.67. The first kappa shape index (κ1) is 24.8. The van der Waals surface area contributed by atoms with E-state index in [-0.39, 0.29) is 16.4 Å². The van der Waals surface area contributed by atoms with Crippen LogP contribution in [0.3, 0.4) is 0 Å². The number of nitrogens with zero attached hydrogens (tertiary/aromatic N) is 1. The van der Waals surface area contributed by atoms with Crippen LogP contribution in [-0.2, 0) is 9.59 Å². The second-order valence-electron chi connectivity index (χ2n) is 8.86. The van der Waals surface area contributed by atoms with Crippen LogP contribution in [-0.4, -0.2) is 23.4 Å². The molecule has 0 bridgehead atoms. The highest BCUT2D eigenvalue weighted by Crippen LogP contribution is 2.44. The Labute approximate surface area is 214 Å². The zero-order valence-corrected chi connectivity index (χ0v) is 21.1. The summed E-state index contributed by atoms with van der Waals surface area (Å²) in [6.45, 7) is 6.48. The minimum absolute atomic E-state index is 0.00335. The van der Waals surface area contributed by atoms with Crippen molar-refractivity contribution in [3.63, 3.8) is 0 Å². The third-order valence-electron chi connectivity index (χ3n) is 5.80. The average Bonchev–Trinajstić information content (AvgIpc) is 3.10. The predicted octanol–water partition coefficient (Wildman–Crippen LogP) is 6.96. The number of carbonyl (C=O) groups is 2. The van der Waals surface area contributed by atoms with Crippen LogP contribution in [0.4, 0.5) is 5.69 Å². The summed E-state index contributed by atoms with van der Waals surface area (Å²) in [7, 11) is 0. The molecule has 3 aromatic rings. The van der Waals surface area contributed by atoms with Gasteiger partial charge in [-0.05, 0) is 54.3 Å². The van der Waals surface area contributed by atoms with Gasteiger partial charge in [-0.15, -0.1) is 0 Å². The number of ketones is 1. The Bertz CT molecular complexity index is 1330. The van der Waals surface area contributed by atoms with Crippen molar-refractivity contribution < 1.29 is 19.4 Å². The smallest absolute Gasteiger partial charge is 0.300 e. The number of hydrogen-bond acceptors (Lipinski definition) is 4. The highest BCUT2D eigenvalue weighted by molar-refractivity contribution is 6.52. The standard InChI is InChI=1S/C28H25Cl2NO4/c1-16(2)15-35-20-9-6-8-18(13-20)26(32)24-25(21-10-5-4-7-17(21)3)31(28(34)27(24)33)19-11-12-22(29)23(30)14-19/h4-14,16,25,32H,15H2,1-3H3/b26-24+. The number of hydrogen-bond donors (Lipinski definition) is 1. The van der Waals surface area contributed by atoms with E-state index in [1.165, 1.54) is 4.90 Å². The van der Waals surface area contributed by atoms with Gasteiger partial charge in [-0.2, -0.15) is 0 Å². The first-order valence-electron chi connectivity index (χ1n) is 11.2. The Morgan fingerprint density at radius 3 is 2.43 bits per heavy atom. The summed E-state index contributed by atoms with van der Waals surface area (Å²) in [6.07, 6.45) is 0. The fraction of sp³-hybridized carbons (Fsp3) is 0.214. The number of aryl methyl sites for hydroxylation is 1. The summed E-state index contributed by atoms with van der Waals surface area (Å²) in [5.74, 6) is -0.923. The Morgan fingerprint density at radius 1 is 1.00 bits per heavy atom. The van der Waals surface area contributed by atoms with Crippen LogP contribution in [0.25, 0.3) is 5.76 Å². The van der Waals surface area contributed by atoms with Gasteiger partial charge < -0.3 is 9.84 Å². The van der Waals surface area contributed by atoms with Gasteiger partial charge in [0.15, 0.2) is 0 Å². The number of benzene rings is 3. The monoisotopic (exact) mass is 509 g/mol.